The first-order chi connectivity index (χ1) is 9.72. The van der Waals surface area contributed by atoms with Gasteiger partial charge in [0.25, 0.3) is 0 Å². The van der Waals surface area contributed by atoms with Gasteiger partial charge < -0.3 is 10.2 Å². The van der Waals surface area contributed by atoms with E-state index in [1.54, 1.807) is 4.90 Å². The monoisotopic (exact) mass is 274 g/mol. The number of aryl methyl sites for hydroxylation is 1. The quantitative estimate of drug-likeness (QED) is 0.803. The Balaban J connectivity index is 1.80. The molecule has 1 heterocycles. The van der Waals surface area contributed by atoms with Crippen molar-refractivity contribution in [2.45, 2.75) is 38.6 Å². The number of unbranched alkanes of at least 4 members (excludes halogenated alkanes) is 1. The number of benzene rings is 1. The lowest BCUT2D eigenvalue weighted by Crippen LogP contribution is -2.58. The number of amides is 2. The summed E-state index contributed by atoms with van der Waals surface area (Å²) in [5.74, 6) is 0.0197. The van der Waals surface area contributed by atoms with E-state index in [-0.39, 0.29) is 24.4 Å². The fraction of sp³-hybridized carbons (Fsp3) is 0.500. The third kappa shape index (κ3) is 3.59. The van der Waals surface area contributed by atoms with Crippen molar-refractivity contribution >= 4 is 11.8 Å². The number of hydrogen-bond donors (Lipinski definition) is 1. The van der Waals surface area contributed by atoms with E-state index in [2.05, 4.69) is 17.4 Å². The van der Waals surface area contributed by atoms with Crippen molar-refractivity contribution in [3.05, 3.63) is 35.9 Å². The van der Waals surface area contributed by atoms with Gasteiger partial charge >= 0.3 is 0 Å². The van der Waals surface area contributed by atoms with Gasteiger partial charge in [-0.1, -0.05) is 37.3 Å². The minimum absolute atomic E-state index is 0.0184. The van der Waals surface area contributed by atoms with E-state index in [9.17, 15) is 9.59 Å². The molecule has 0 bridgehead atoms. The molecule has 2 amide bonds. The Bertz CT molecular complexity index is 459. The molecule has 0 spiro atoms. The summed E-state index contributed by atoms with van der Waals surface area (Å²) in [6.45, 7) is 2.77. The first-order valence-electron chi connectivity index (χ1n) is 7.33. The molecule has 108 valence electrons. The highest BCUT2D eigenvalue weighted by Crippen LogP contribution is 2.12. The van der Waals surface area contributed by atoms with Crippen LogP contribution in [0.25, 0.3) is 0 Å². The molecule has 1 atom stereocenters. The van der Waals surface area contributed by atoms with Crippen molar-refractivity contribution in [3.63, 3.8) is 0 Å². The number of nitrogens with one attached hydrogen (secondary N) is 1. The maximum atomic E-state index is 11.9. The van der Waals surface area contributed by atoms with Crippen LogP contribution in [0.2, 0.25) is 0 Å². The molecule has 0 radical (unpaired) electrons. The molecule has 4 nitrogen and oxygen atoms in total. The highest BCUT2D eigenvalue weighted by atomic mass is 16.2. The number of carbonyl (C=O) groups excluding carboxylic acids is 2. The van der Waals surface area contributed by atoms with Crippen LogP contribution >= 0.6 is 0 Å². The summed E-state index contributed by atoms with van der Waals surface area (Å²) in [7, 11) is 0. The minimum atomic E-state index is -0.284. The molecule has 20 heavy (non-hydrogen) atoms. The average Bonchev–Trinajstić information content (AvgIpc) is 2.48. The van der Waals surface area contributed by atoms with Crippen molar-refractivity contribution in [3.8, 4) is 0 Å². The van der Waals surface area contributed by atoms with Crippen LogP contribution in [0.4, 0.5) is 0 Å². The largest absolute Gasteiger partial charge is 0.345 e. The van der Waals surface area contributed by atoms with Crippen LogP contribution in [0.3, 0.4) is 0 Å². The zero-order valence-electron chi connectivity index (χ0n) is 12.0. The maximum Gasteiger partial charge on any atom is 0.243 e. The molecular weight excluding hydrogens is 252 g/mol. The van der Waals surface area contributed by atoms with Crippen LogP contribution in [0.5, 0.6) is 0 Å². The number of rotatable bonds is 6. The van der Waals surface area contributed by atoms with Gasteiger partial charge in [0, 0.05) is 6.54 Å². The van der Waals surface area contributed by atoms with Gasteiger partial charge in [0.05, 0.1) is 6.54 Å². The van der Waals surface area contributed by atoms with Crippen LogP contribution < -0.4 is 5.32 Å². The summed E-state index contributed by atoms with van der Waals surface area (Å²) in [5.41, 5.74) is 1.32. The summed E-state index contributed by atoms with van der Waals surface area (Å²) in [6.07, 6.45) is 3.67. The first kappa shape index (κ1) is 14.6. The molecule has 1 aliphatic rings. The molecule has 1 unspecified atom stereocenters. The van der Waals surface area contributed by atoms with Gasteiger partial charge in [-0.3, -0.25) is 9.59 Å². The van der Waals surface area contributed by atoms with Crippen molar-refractivity contribution in [1.82, 2.24) is 10.2 Å². The second kappa shape index (κ2) is 7.08. The Kier molecular flexibility index (Phi) is 5.16. The molecule has 1 aromatic rings. The molecule has 0 saturated carbocycles. The maximum absolute atomic E-state index is 11.9. The molecular formula is C16H22N2O2. The number of nitrogens with zero attached hydrogens (tertiary/aromatic N) is 1. The SMILES string of the molecule is CCC1C(=O)NCC(=O)N1CCCCc1ccccc1. The van der Waals surface area contributed by atoms with Crippen LogP contribution in [0.1, 0.15) is 31.7 Å². The van der Waals surface area contributed by atoms with Crippen LogP contribution in [0, 0.1) is 0 Å². The number of piperazine rings is 1. The van der Waals surface area contributed by atoms with Crippen molar-refractivity contribution < 1.29 is 9.59 Å². The number of hydrogen-bond acceptors (Lipinski definition) is 2. The standard InChI is InChI=1S/C16H22N2O2/c1-2-14-16(20)17-12-15(19)18(14)11-7-6-10-13-8-4-3-5-9-13/h3-5,8-9,14H,2,6-7,10-12H2,1H3,(H,17,20). The normalized spacial score (nSPS) is 19.1. The van der Waals surface area contributed by atoms with Gasteiger partial charge in [-0.25, -0.2) is 0 Å². The summed E-state index contributed by atoms with van der Waals surface area (Å²) in [4.78, 5) is 25.4. The molecule has 0 aliphatic carbocycles. The zero-order chi connectivity index (χ0) is 14.4. The zero-order valence-corrected chi connectivity index (χ0v) is 12.0. The summed E-state index contributed by atoms with van der Waals surface area (Å²) in [5, 5.41) is 2.65. The third-order valence-corrected chi connectivity index (χ3v) is 3.76. The van der Waals surface area contributed by atoms with E-state index in [1.807, 2.05) is 25.1 Å². The topological polar surface area (TPSA) is 49.4 Å². The van der Waals surface area contributed by atoms with E-state index in [0.717, 1.165) is 19.3 Å². The second-order valence-electron chi connectivity index (χ2n) is 5.17. The molecule has 1 fully saturated rings. The molecule has 1 saturated heterocycles. The highest BCUT2D eigenvalue weighted by molar-refractivity contribution is 5.94. The van der Waals surface area contributed by atoms with Crippen LogP contribution in [0.15, 0.2) is 30.3 Å². The van der Waals surface area contributed by atoms with E-state index < -0.39 is 0 Å². The molecule has 4 heteroatoms. The van der Waals surface area contributed by atoms with E-state index >= 15 is 0 Å². The van der Waals surface area contributed by atoms with Gasteiger partial charge in [0.1, 0.15) is 6.04 Å². The molecule has 2 rings (SSSR count). The molecule has 1 aromatic carbocycles. The van der Waals surface area contributed by atoms with Gasteiger partial charge in [-0.05, 0) is 31.2 Å². The van der Waals surface area contributed by atoms with E-state index in [0.29, 0.717) is 13.0 Å². The molecule has 1 N–H and O–H groups in total. The smallest absolute Gasteiger partial charge is 0.243 e. The Morgan fingerprint density at radius 3 is 2.65 bits per heavy atom. The molecule has 0 aromatic heterocycles. The Labute approximate surface area is 120 Å². The Hall–Kier alpha value is -1.84. The minimum Gasteiger partial charge on any atom is -0.345 e. The Morgan fingerprint density at radius 1 is 1.20 bits per heavy atom. The average molecular weight is 274 g/mol. The summed E-state index contributed by atoms with van der Waals surface area (Å²) in [6, 6.07) is 10.1. The van der Waals surface area contributed by atoms with E-state index in [1.165, 1.54) is 5.56 Å². The van der Waals surface area contributed by atoms with Gasteiger partial charge in [-0.15, -0.1) is 0 Å². The van der Waals surface area contributed by atoms with Gasteiger partial charge in [0.15, 0.2) is 0 Å². The lowest BCUT2D eigenvalue weighted by Gasteiger charge is -2.34. The second-order valence-corrected chi connectivity index (χ2v) is 5.17. The summed E-state index contributed by atoms with van der Waals surface area (Å²) < 4.78 is 0. The fourth-order valence-corrected chi connectivity index (χ4v) is 2.64. The Morgan fingerprint density at radius 2 is 1.95 bits per heavy atom. The van der Waals surface area contributed by atoms with Crippen molar-refractivity contribution in [2.75, 3.05) is 13.1 Å². The fourth-order valence-electron chi connectivity index (χ4n) is 2.64. The predicted octanol–water partition coefficient (Wildman–Crippen LogP) is 1.75. The molecule has 1 aliphatic heterocycles. The van der Waals surface area contributed by atoms with Gasteiger partial charge in [-0.2, -0.15) is 0 Å². The summed E-state index contributed by atoms with van der Waals surface area (Å²) >= 11 is 0. The first-order valence-corrected chi connectivity index (χ1v) is 7.33. The van der Waals surface area contributed by atoms with Crippen molar-refractivity contribution in [2.24, 2.45) is 0 Å². The van der Waals surface area contributed by atoms with Crippen LogP contribution in [-0.4, -0.2) is 35.8 Å². The van der Waals surface area contributed by atoms with Crippen molar-refractivity contribution in [1.29, 1.82) is 0 Å². The lowest BCUT2D eigenvalue weighted by atomic mass is 10.1. The van der Waals surface area contributed by atoms with E-state index in [4.69, 9.17) is 0 Å². The van der Waals surface area contributed by atoms with Crippen LogP contribution in [-0.2, 0) is 16.0 Å². The van der Waals surface area contributed by atoms with Gasteiger partial charge in [0.2, 0.25) is 11.8 Å². The highest BCUT2D eigenvalue weighted by Gasteiger charge is 2.32. The lowest BCUT2D eigenvalue weighted by molar-refractivity contribution is -0.145. The predicted molar refractivity (Wildman–Crippen MR) is 78.2 cm³/mol. The number of carbonyl (C=O) groups is 2. The third-order valence-electron chi connectivity index (χ3n) is 3.76.